The molecule has 1 saturated carbocycles. The number of likely N-dealkylation sites (N-methyl/N-ethyl adjacent to an activating group) is 1. The number of likely N-dealkylation sites (tertiary alicyclic amines) is 1. The van der Waals surface area contributed by atoms with Gasteiger partial charge in [0.05, 0.1) is 12.1 Å². The summed E-state index contributed by atoms with van der Waals surface area (Å²) < 4.78 is 0. The Morgan fingerprint density at radius 3 is 2.50 bits per heavy atom. The molecule has 1 aliphatic heterocycles. The van der Waals surface area contributed by atoms with E-state index < -0.39 is 6.10 Å². The van der Waals surface area contributed by atoms with Crippen LogP contribution in [0.15, 0.2) is 30.3 Å². The molecule has 1 heterocycles. The summed E-state index contributed by atoms with van der Waals surface area (Å²) >= 11 is 0. The van der Waals surface area contributed by atoms with E-state index in [-0.39, 0.29) is 11.9 Å². The van der Waals surface area contributed by atoms with E-state index in [2.05, 4.69) is 4.90 Å². The first kappa shape index (κ1) is 15.5. The molecule has 3 rings (SSSR count). The van der Waals surface area contributed by atoms with E-state index in [4.69, 9.17) is 0 Å². The van der Waals surface area contributed by atoms with Gasteiger partial charge in [0.25, 0.3) is 5.91 Å². The number of carbonyl (C=O) groups excluding carboxylic acids is 1. The summed E-state index contributed by atoms with van der Waals surface area (Å²) in [4.78, 5) is 16.7. The highest BCUT2D eigenvalue weighted by Gasteiger charge is 2.39. The van der Waals surface area contributed by atoms with Crippen molar-refractivity contribution in [3.63, 3.8) is 0 Å². The van der Waals surface area contributed by atoms with Gasteiger partial charge in [0.1, 0.15) is 0 Å². The van der Waals surface area contributed by atoms with Gasteiger partial charge in [0.15, 0.2) is 0 Å². The smallest absolute Gasteiger partial charge is 0.253 e. The quantitative estimate of drug-likeness (QED) is 0.930. The Hall–Kier alpha value is -1.39. The van der Waals surface area contributed by atoms with Crippen LogP contribution in [0.3, 0.4) is 0 Å². The lowest BCUT2D eigenvalue weighted by Gasteiger charge is -2.31. The molecule has 2 atom stereocenters. The van der Waals surface area contributed by atoms with Crippen LogP contribution in [0.2, 0.25) is 0 Å². The van der Waals surface area contributed by atoms with Gasteiger partial charge in [0, 0.05) is 31.7 Å². The molecule has 1 aromatic carbocycles. The SMILES string of the molecule is CN(C(=O)c1ccccc1)[C@@H]1CN(C2CCCCC2)C[C@H]1O. The predicted octanol–water partition coefficient (Wildman–Crippen LogP) is 2.14. The maximum Gasteiger partial charge on any atom is 0.253 e. The summed E-state index contributed by atoms with van der Waals surface area (Å²) in [6.45, 7) is 1.49. The summed E-state index contributed by atoms with van der Waals surface area (Å²) in [5, 5.41) is 10.4. The molecule has 1 amide bonds. The Labute approximate surface area is 132 Å². The predicted molar refractivity (Wildman–Crippen MR) is 86.8 cm³/mol. The fraction of sp³-hybridized carbons (Fsp3) is 0.611. The van der Waals surface area contributed by atoms with Crippen LogP contribution in [-0.4, -0.2) is 59.1 Å². The van der Waals surface area contributed by atoms with Crippen molar-refractivity contribution in [1.29, 1.82) is 0 Å². The van der Waals surface area contributed by atoms with Crippen LogP contribution in [0.5, 0.6) is 0 Å². The molecular formula is C18H26N2O2. The minimum absolute atomic E-state index is 0.00450. The van der Waals surface area contributed by atoms with Crippen LogP contribution in [0, 0.1) is 0 Å². The molecule has 2 fully saturated rings. The van der Waals surface area contributed by atoms with Crippen molar-refractivity contribution in [3.05, 3.63) is 35.9 Å². The third-order valence-electron chi connectivity index (χ3n) is 5.22. The van der Waals surface area contributed by atoms with Gasteiger partial charge < -0.3 is 10.0 Å². The van der Waals surface area contributed by atoms with Gasteiger partial charge >= 0.3 is 0 Å². The fourth-order valence-corrected chi connectivity index (χ4v) is 3.86. The average molecular weight is 302 g/mol. The zero-order valence-electron chi connectivity index (χ0n) is 13.3. The Morgan fingerprint density at radius 1 is 1.14 bits per heavy atom. The number of aliphatic hydroxyl groups excluding tert-OH is 1. The van der Waals surface area contributed by atoms with Crippen molar-refractivity contribution in [2.45, 2.75) is 50.3 Å². The average Bonchev–Trinajstić information content (AvgIpc) is 2.97. The van der Waals surface area contributed by atoms with E-state index in [1.54, 1.807) is 4.90 Å². The number of carbonyl (C=O) groups is 1. The molecule has 0 bridgehead atoms. The minimum Gasteiger partial charge on any atom is -0.390 e. The van der Waals surface area contributed by atoms with Crippen molar-refractivity contribution in [2.24, 2.45) is 0 Å². The molecular weight excluding hydrogens is 276 g/mol. The third-order valence-corrected chi connectivity index (χ3v) is 5.22. The molecule has 4 heteroatoms. The van der Waals surface area contributed by atoms with E-state index in [1.165, 1.54) is 32.1 Å². The van der Waals surface area contributed by atoms with Gasteiger partial charge in [-0.25, -0.2) is 0 Å². The highest BCUT2D eigenvalue weighted by atomic mass is 16.3. The molecule has 1 aromatic rings. The molecule has 120 valence electrons. The van der Waals surface area contributed by atoms with Crippen molar-refractivity contribution in [1.82, 2.24) is 9.80 Å². The molecule has 0 spiro atoms. The second-order valence-electron chi connectivity index (χ2n) is 6.66. The number of amides is 1. The Morgan fingerprint density at radius 2 is 1.82 bits per heavy atom. The number of aliphatic hydroxyl groups is 1. The number of hydrogen-bond acceptors (Lipinski definition) is 3. The molecule has 1 N–H and O–H groups in total. The molecule has 22 heavy (non-hydrogen) atoms. The fourth-order valence-electron chi connectivity index (χ4n) is 3.86. The molecule has 0 unspecified atom stereocenters. The molecule has 0 aromatic heterocycles. The monoisotopic (exact) mass is 302 g/mol. The maximum atomic E-state index is 12.6. The second kappa shape index (κ2) is 6.80. The Bertz CT molecular complexity index is 499. The summed E-state index contributed by atoms with van der Waals surface area (Å²) in [6, 6.07) is 9.81. The molecule has 1 saturated heterocycles. The van der Waals surface area contributed by atoms with Gasteiger partial charge in [-0.05, 0) is 25.0 Å². The Balaban J connectivity index is 1.65. The lowest BCUT2D eigenvalue weighted by atomic mass is 9.94. The van der Waals surface area contributed by atoms with E-state index in [0.717, 1.165) is 6.54 Å². The highest BCUT2D eigenvalue weighted by molar-refractivity contribution is 5.94. The van der Waals surface area contributed by atoms with Gasteiger partial charge in [-0.3, -0.25) is 9.69 Å². The normalized spacial score (nSPS) is 27.0. The van der Waals surface area contributed by atoms with Crippen LogP contribution in [-0.2, 0) is 0 Å². The number of hydrogen-bond donors (Lipinski definition) is 1. The third kappa shape index (κ3) is 3.18. The summed E-state index contributed by atoms with van der Waals surface area (Å²) in [7, 11) is 1.81. The van der Waals surface area contributed by atoms with Gasteiger partial charge in [-0.2, -0.15) is 0 Å². The van der Waals surface area contributed by atoms with Crippen molar-refractivity contribution in [2.75, 3.05) is 20.1 Å². The number of rotatable bonds is 3. The first-order valence-corrected chi connectivity index (χ1v) is 8.41. The van der Waals surface area contributed by atoms with Crippen LogP contribution >= 0.6 is 0 Å². The zero-order valence-corrected chi connectivity index (χ0v) is 13.3. The summed E-state index contributed by atoms with van der Waals surface area (Å²) in [5.41, 5.74) is 0.688. The minimum atomic E-state index is -0.445. The number of benzene rings is 1. The van der Waals surface area contributed by atoms with E-state index in [9.17, 15) is 9.90 Å². The lowest BCUT2D eigenvalue weighted by molar-refractivity contribution is 0.0581. The molecule has 4 nitrogen and oxygen atoms in total. The zero-order chi connectivity index (χ0) is 15.5. The summed E-state index contributed by atoms with van der Waals surface area (Å²) in [6.07, 6.45) is 5.94. The summed E-state index contributed by atoms with van der Waals surface area (Å²) in [5.74, 6) is -0.00450. The molecule has 1 aliphatic carbocycles. The maximum absolute atomic E-state index is 12.6. The first-order valence-electron chi connectivity index (χ1n) is 8.41. The van der Waals surface area contributed by atoms with Crippen molar-refractivity contribution >= 4 is 5.91 Å². The van der Waals surface area contributed by atoms with E-state index in [1.807, 2.05) is 37.4 Å². The van der Waals surface area contributed by atoms with Gasteiger partial charge in [0.2, 0.25) is 0 Å². The van der Waals surface area contributed by atoms with E-state index >= 15 is 0 Å². The lowest BCUT2D eigenvalue weighted by Crippen LogP contribution is -2.44. The highest BCUT2D eigenvalue weighted by Crippen LogP contribution is 2.27. The van der Waals surface area contributed by atoms with Crippen LogP contribution in [0.25, 0.3) is 0 Å². The van der Waals surface area contributed by atoms with Crippen molar-refractivity contribution in [3.8, 4) is 0 Å². The number of β-amino-alcohol motifs (C(OH)–C–C–N with tert-alkyl or cyclic N) is 1. The van der Waals surface area contributed by atoms with Crippen LogP contribution < -0.4 is 0 Å². The largest absolute Gasteiger partial charge is 0.390 e. The van der Waals surface area contributed by atoms with Gasteiger partial charge in [-0.15, -0.1) is 0 Å². The molecule has 2 aliphatic rings. The van der Waals surface area contributed by atoms with Crippen LogP contribution in [0.1, 0.15) is 42.5 Å². The van der Waals surface area contributed by atoms with Gasteiger partial charge in [-0.1, -0.05) is 37.5 Å². The second-order valence-corrected chi connectivity index (χ2v) is 6.66. The van der Waals surface area contributed by atoms with Crippen LogP contribution in [0.4, 0.5) is 0 Å². The topological polar surface area (TPSA) is 43.8 Å². The van der Waals surface area contributed by atoms with Crippen molar-refractivity contribution < 1.29 is 9.90 Å². The Kier molecular flexibility index (Phi) is 4.79. The first-order chi connectivity index (χ1) is 10.7. The standard InChI is InChI=1S/C18H26N2O2/c1-19(18(22)14-8-4-2-5-9-14)16-12-20(13-17(16)21)15-10-6-3-7-11-15/h2,4-5,8-9,15-17,21H,3,6-7,10-13H2,1H3/t16-,17-/m1/s1. The molecule has 0 radical (unpaired) electrons. The van der Waals surface area contributed by atoms with E-state index in [0.29, 0.717) is 18.2 Å². The number of nitrogens with zero attached hydrogens (tertiary/aromatic N) is 2.